The zero-order chi connectivity index (χ0) is 11.4. The van der Waals surface area contributed by atoms with Crippen molar-refractivity contribution in [3.05, 3.63) is 0 Å². The van der Waals surface area contributed by atoms with Crippen LogP contribution >= 0.6 is 0 Å². The zero-order valence-corrected chi connectivity index (χ0v) is 10.1. The molecule has 0 aromatic rings. The number of carbonyl (C=O) groups is 1. The fourth-order valence-electron chi connectivity index (χ4n) is 3.11. The van der Waals surface area contributed by atoms with Gasteiger partial charge in [0, 0.05) is 19.0 Å². The van der Waals surface area contributed by atoms with E-state index in [0.29, 0.717) is 17.9 Å². The SMILES string of the molecule is NC1CCCC1CNC(=O)CC1CCCC1. The molecule has 2 fully saturated rings. The summed E-state index contributed by atoms with van der Waals surface area (Å²) in [4.78, 5) is 11.7. The average molecular weight is 224 g/mol. The summed E-state index contributed by atoms with van der Waals surface area (Å²) >= 11 is 0. The number of rotatable bonds is 4. The number of nitrogens with two attached hydrogens (primary N) is 1. The van der Waals surface area contributed by atoms with Crippen LogP contribution in [-0.4, -0.2) is 18.5 Å². The normalized spacial score (nSPS) is 30.8. The summed E-state index contributed by atoms with van der Waals surface area (Å²) in [6.45, 7) is 0.798. The van der Waals surface area contributed by atoms with Crippen LogP contribution in [0.5, 0.6) is 0 Å². The smallest absolute Gasteiger partial charge is 0.220 e. The molecule has 92 valence electrons. The molecular weight excluding hydrogens is 200 g/mol. The maximum Gasteiger partial charge on any atom is 0.220 e. The van der Waals surface area contributed by atoms with E-state index in [1.165, 1.54) is 38.5 Å². The lowest BCUT2D eigenvalue weighted by atomic mass is 10.0. The van der Waals surface area contributed by atoms with Crippen LogP contribution in [0.25, 0.3) is 0 Å². The van der Waals surface area contributed by atoms with E-state index >= 15 is 0 Å². The highest BCUT2D eigenvalue weighted by Crippen LogP contribution is 2.27. The van der Waals surface area contributed by atoms with E-state index in [0.717, 1.165) is 19.4 Å². The molecule has 2 rings (SSSR count). The van der Waals surface area contributed by atoms with E-state index in [1.54, 1.807) is 0 Å². The molecule has 2 aliphatic carbocycles. The maximum absolute atomic E-state index is 11.7. The Morgan fingerprint density at radius 2 is 1.88 bits per heavy atom. The van der Waals surface area contributed by atoms with Crippen molar-refractivity contribution >= 4 is 5.91 Å². The number of carbonyl (C=O) groups excluding carboxylic acids is 1. The van der Waals surface area contributed by atoms with Crippen molar-refractivity contribution in [1.29, 1.82) is 0 Å². The Labute approximate surface area is 98.2 Å². The van der Waals surface area contributed by atoms with E-state index in [-0.39, 0.29) is 5.91 Å². The molecule has 2 unspecified atom stereocenters. The monoisotopic (exact) mass is 224 g/mol. The molecule has 0 bridgehead atoms. The van der Waals surface area contributed by atoms with Gasteiger partial charge in [0.25, 0.3) is 0 Å². The van der Waals surface area contributed by atoms with E-state index < -0.39 is 0 Å². The van der Waals surface area contributed by atoms with E-state index in [1.807, 2.05) is 0 Å². The molecule has 0 aromatic heterocycles. The molecule has 3 nitrogen and oxygen atoms in total. The summed E-state index contributed by atoms with van der Waals surface area (Å²) in [5.74, 6) is 1.41. The van der Waals surface area contributed by atoms with Crippen LogP contribution in [0, 0.1) is 11.8 Å². The number of hydrogen-bond acceptors (Lipinski definition) is 2. The molecule has 0 heterocycles. The Morgan fingerprint density at radius 3 is 2.50 bits per heavy atom. The number of hydrogen-bond donors (Lipinski definition) is 2. The van der Waals surface area contributed by atoms with Crippen molar-refractivity contribution in [3.8, 4) is 0 Å². The summed E-state index contributed by atoms with van der Waals surface area (Å²) in [6.07, 6.45) is 9.39. The van der Waals surface area contributed by atoms with E-state index in [9.17, 15) is 4.79 Å². The molecular formula is C13H24N2O. The molecule has 0 spiro atoms. The highest BCUT2D eigenvalue weighted by atomic mass is 16.1. The summed E-state index contributed by atoms with van der Waals surface area (Å²) in [7, 11) is 0. The largest absolute Gasteiger partial charge is 0.356 e. The fourth-order valence-corrected chi connectivity index (χ4v) is 3.11. The maximum atomic E-state index is 11.7. The minimum Gasteiger partial charge on any atom is -0.356 e. The predicted molar refractivity (Wildman–Crippen MR) is 64.9 cm³/mol. The number of amides is 1. The quantitative estimate of drug-likeness (QED) is 0.765. The highest BCUT2D eigenvalue weighted by Gasteiger charge is 2.24. The molecule has 16 heavy (non-hydrogen) atoms. The highest BCUT2D eigenvalue weighted by molar-refractivity contribution is 5.76. The average Bonchev–Trinajstić information content (AvgIpc) is 2.87. The number of nitrogens with one attached hydrogen (secondary N) is 1. The summed E-state index contributed by atoms with van der Waals surface area (Å²) < 4.78 is 0. The lowest BCUT2D eigenvalue weighted by Gasteiger charge is -2.16. The molecule has 0 aromatic carbocycles. The first kappa shape index (κ1) is 11.9. The van der Waals surface area contributed by atoms with Gasteiger partial charge in [0.15, 0.2) is 0 Å². The predicted octanol–water partition coefficient (Wildman–Crippen LogP) is 1.81. The molecule has 3 N–H and O–H groups in total. The summed E-state index contributed by atoms with van der Waals surface area (Å²) in [6, 6.07) is 0.312. The molecule has 0 saturated heterocycles. The second kappa shape index (κ2) is 5.67. The molecule has 1 amide bonds. The second-order valence-corrected chi connectivity index (χ2v) is 5.51. The summed E-state index contributed by atoms with van der Waals surface area (Å²) in [5, 5.41) is 3.06. The summed E-state index contributed by atoms with van der Waals surface area (Å²) in [5.41, 5.74) is 5.98. The Morgan fingerprint density at radius 1 is 1.12 bits per heavy atom. The standard InChI is InChI=1S/C13H24N2O/c14-12-7-3-6-11(12)9-15-13(16)8-10-4-1-2-5-10/h10-12H,1-9,14H2,(H,15,16). The van der Waals surface area contributed by atoms with Gasteiger partial charge in [0.2, 0.25) is 5.91 Å². The van der Waals surface area contributed by atoms with Crippen LogP contribution in [0.15, 0.2) is 0 Å². The van der Waals surface area contributed by atoms with Crippen molar-refractivity contribution in [2.24, 2.45) is 17.6 Å². The molecule has 0 aliphatic heterocycles. The molecule has 3 heteroatoms. The first-order valence-electron chi connectivity index (χ1n) is 6.78. The zero-order valence-electron chi connectivity index (χ0n) is 10.1. The van der Waals surface area contributed by atoms with Crippen LogP contribution in [0.4, 0.5) is 0 Å². The topological polar surface area (TPSA) is 55.1 Å². The lowest BCUT2D eigenvalue weighted by Crippen LogP contribution is -2.36. The van der Waals surface area contributed by atoms with Gasteiger partial charge in [-0.25, -0.2) is 0 Å². The van der Waals surface area contributed by atoms with Crippen molar-refractivity contribution in [2.75, 3.05) is 6.54 Å². The molecule has 0 radical (unpaired) electrons. The third-order valence-electron chi connectivity index (χ3n) is 4.23. The van der Waals surface area contributed by atoms with Gasteiger partial charge in [-0.2, -0.15) is 0 Å². The van der Waals surface area contributed by atoms with Crippen molar-refractivity contribution < 1.29 is 4.79 Å². The van der Waals surface area contributed by atoms with Crippen LogP contribution in [-0.2, 0) is 4.79 Å². The molecule has 2 aliphatic rings. The van der Waals surface area contributed by atoms with Gasteiger partial charge in [-0.3, -0.25) is 4.79 Å². The molecule has 2 saturated carbocycles. The van der Waals surface area contributed by atoms with Gasteiger partial charge in [0.1, 0.15) is 0 Å². The third-order valence-corrected chi connectivity index (χ3v) is 4.23. The van der Waals surface area contributed by atoms with Crippen LogP contribution in [0.1, 0.15) is 51.4 Å². The lowest BCUT2D eigenvalue weighted by molar-refractivity contribution is -0.122. The van der Waals surface area contributed by atoms with Gasteiger partial charge in [-0.1, -0.05) is 19.3 Å². The Balaban J connectivity index is 1.63. The second-order valence-electron chi connectivity index (χ2n) is 5.51. The van der Waals surface area contributed by atoms with Gasteiger partial charge < -0.3 is 11.1 Å². The Hall–Kier alpha value is -0.570. The van der Waals surface area contributed by atoms with E-state index in [4.69, 9.17) is 5.73 Å². The van der Waals surface area contributed by atoms with Gasteiger partial charge in [-0.15, -0.1) is 0 Å². The van der Waals surface area contributed by atoms with Crippen molar-refractivity contribution in [3.63, 3.8) is 0 Å². The van der Waals surface area contributed by atoms with E-state index in [2.05, 4.69) is 5.32 Å². The van der Waals surface area contributed by atoms with Crippen LogP contribution < -0.4 is 11.1 Å². The van der Waals surface area contributed by atoms with Gasteiger partial charge >= 0.3 is 0 Å². The minimum absolute atomic E-state index is 0.242. The van der Waals surface area contributed by atoms with Crippen LogP contribution in [0.3, 0.4) is 0 Å². The van der Waals surface area contributed by atoms with Crippen molar-refractivity contribution in [1.82, 2.24) is 5.32 Å². The van der Waals surface area contributed by atoms with Crippen molar-refractivity contribution in [2.45, 2.75) is 57.4 Å². The first-order chi connectivity index (χ1) is 7.75. The molecule has 2 atom stereocenters. The fraction of sp³-hybridized carbons (Fsp3) is 0.923. The van der Waals surface area contributed by atoms with Gasteiger partial charge in [-0.05, 0) is 37.5 Å². The van der Waals surface area contributed by atoms with Crippen LogP contribution in [0.2, 0.25) is 0 Å². The Kier molecular flexibility index (Phi) is 4.22. The first-order valence-corrected chi connectivity index (χ1v) is 6.78. The Bertz CT molecular complexity index is 236. The third kappa shape index (κ3) is 3.21. The minimum atomic E-state index is 0.242. The van der Waals surface area contributed by atoms with Gasteiger partial charge in [0.05, 0.1) is 0 Å².